The third-order valence-corrected chi connectivity index (χ3v) is 8.83. The van der Waals surface area contributed by atoms with E-state index >= 15 is 0 Å². The Bertz CT molecular complexity index is 1280. The van der Waals surface area contributed by atoms with Gasteiger partial charge in [-0.15, -0.1) is 0 Å². The van der Waals surface area contributed by atoms with Crippen molar-refractivity contribution in [1.29, 1.82) is 0 Å². The van der Waals surface area contributed by atoms with E-state index in [4.69, 9.17) is 0 Å². The van der Waals surface area contributed by atoms with E-state index in [9.17, 15) is 34.8 Å². The number of phenols is 1. The third kappa shape index (κ3) is 3.04. The van der Waals surface area contributed by atoms with Crippen LogP contribution in [0.3, 0.4) is 0 Å². The Labute approximate surface area is 211 Å². The molecule has 7 nitrogen and oxygen atoms in total. The molecule has 0 heterocycles. The number of carbonyl (C=O) groups excluding carboxylic acids is 3. The number of rotatable bonds is 4. The molecular weight excluding hydrogens is 460 g/mol. The van der Waals surface area contributed by atoms with E-state index < -0.39 is 51.0 Å². The SMILES string of the molecule is CCCc1cc(C)c2c(c1O)C(=O)C1=C(O)[C@@]3(O)C(=O)C(C(C)=O)=C(O)C(C(C)C)[C@@]3(C)C[C@@]1(C)C2. The maximum absolute atomic E-state index is 14.0. The normalized spacial score (nSPS) is 32.0. The van der Waals surface area contributed by atoms with Gasteiger partial charge in [0.1, 0.15) is 22.8 Å². The van der Waals surface area contributed by atoms with E-state index in [0.29, 0.717) is 24.0 Å². The Balaban J connectivity index is 2.07. The van der Waals surface area contributed by atoms with Gasteiger partial charge in [-0.25, -0.2) is 0 Å². The summed E-state index contributed by atoms with van der Waals surface area (Å²) < 4.78 is 0. The minimum atomic E-state index is -2.58. The lowest BCUT2D eigenvalue weighted by Gasteiger charge is -2.59. The minimum Gasteiger partial charge on any atom is -0.511 e. The molecule has 4 rings (SSSR count). The van der Waals surface area contributed by atoms with Gasteiger partial charge < -0.3 is 20.4 Å². The van der Waals surface area contributed by atoms with Gasteiger partial charge in [-0.2, -0.15) is 0 Å². The Morgan fingerprint density at radius 3 is 2.31 bits per heavy atom. The molecule has 0 saturated heterocycles. The predicted octanol–water partition coefficient (Wildman–Crippen LogP) is 4.61. The number of hydrogen-bond acceptors (Lipinski definition) is 7. The van der Waals surface area contributed by atoms with Crippen LogP contribution in [0.25, 0.3) is 0 Å². The highest BCUT2D eigenvalue weighted by molar-refractivity contribution is 6.25. The zero-order chi connectivity index (χ0) is 27.1. The van der Waals surface area contributed by atoms with Crippen LogP contribution in [0.2, 0.25) is 0 Å². The van der Waals surface area contributed by atoms with Crippen molar-refractivity contribution >= 4 is 17.3 Å². The van der Waals surface area contributed by atoms with Crippen molar-refractivity contribution in [2.75, 3.05) is 0 Å². The molecule has 0 spiro atoms. The number of aromatic hydroxyl groups is 1. The third-order valence-electron chi connectivity index (χ3n) is 8.83. The number of carbonyl (C=O) groups is 3. The number of allylic oxidation sites excluding steroid dienone is 2. The Hall–Kier alpha value is -2.93. The second kappa shape index (κ2) is 8.04. The van der Waals surface area contributed by atoms with Gasteiger partial charge in [0.2, 0.25) is 5.78 Å². The minimum absolute atomic E-state index is 0.0959. The molecule has 0 radical (unpaired) electrons. The highest BCUT2D eigenvalue weighted by Crippen LogP contribution is 2.65. The first-order valence-corrected chi connectivity index (χ1v) is 12.6. The van der Waals surface area contributed by atoms with Gasteiger partial charge in [-0.3, -0.25) is 14.4 Å². The standard InChI is InChI=1S/C29H36O7/c1-8-9-16-10-14(4)17-11-27(6)12-28(7)20(13(2)3)23(32)18(15(5)30)25(34)29(28,36)26(35)21(27)24(33)19(17)22(16)31/h10,13,20,31-32,35-36H,8-9,11-12H2,1-7H3/t20?,27-,28-,29+/m1/s1. The first-order chi connectivity index (χ1) is 16.6. The summed E-state index contributed by atoms with van der Waals surface area (Å²) in [5.74, 6) is -4.86. The summed E-state index contributed by atoms with van der Waals surface area (Å²) in [6, 6.07) is 1.89. The number of aliphatic hydroxyl groups excluding tert-OH is 2. The number of Topliss-reactive ketones (excluding diaryl/α,β-unsaturated/α-hetero) is 3. The molecule has 3 aliphatic rings. The van der Waals surface area contributed by atoms with Crippen molar-refractivity contribution in [1.82, 2.24) is 0 Å². The fraction of sp³-hybridized carbons (Fsp3) is 0.552. The fourth-order valence-corrected chi connectivity index (χ4v) is 7.51. The Kier molecular flexibility index (Phi) is 5.84. The molecule has 1 aromatic rings. The van der Waals surface area contributed by atoms with Crippen LogP contribution in [0.4, 0.5) is 0 Å². The quantitative estimate of drug-likeness (QED) is 0.448. The topological polar surface area (TPSA) is 132 Å². The van der Waals surface area contributed by atoms with Gasteiger partial charge in [-0.05, 0) is 55.7 Å². The van der Waals surface area contributed by atoms with E-state index in [1.807, 2.05) is 40.7 Å². The van der Waals surface area contributed by atoms with Gasteiger partial charge in [-0.1, -0.05) is 47.1 Å². The highest BCUT2D eigenvalue weighted by atomic mass is 16.3. The van der Waals surface area contributed by atoms with E-state index in [0.717, 1.165) is 18.9 Å². The van der Waals surface area contributed by atoms with Gasteiger partial charge >= 0.3 is 0 Å². The maximum Gasteiger partial charge on any atom is 0.209 e. The van der Waals surface area contributed by atoms with Crippen molar-refractivity contribution in [2.45, 2.75) is 79.8 Å². The summed E-state index contributed by atoms with van der Waals surface area (Å²) in [6.45, 7) is 12.1. The Morgan fingerprint density at radius 2 is 1.78 bits per heavy atom. The summed E-state index contributed by atoms with van der Waals surface area (Å²) in [4.78, 5) is 40.1. The summed E-state index contributed by atoms with van der Waals surface area (Å²) in [5, 5.41) is 45.9. The van der Waals surface area contributed by atoms with Crippen LogP contribution in [-0.2, 0) is 22.4 Å². The molecule has 0 amide bonds. The van der Waals surface area contributed by atoms with Crippen molar-refractivity contribution < 1.29 is 34.8 Å². The number of ketones is 3. The lowest BCUT2D eigenvalue weighted by atomic mass is 9.44. The molecule has 4 N–H and O–H groups in total. The van der Waals surface area contributed by atoms with Crippen LogP contribution in [-0.4, -0.2) is 43.4 Å². The number of hydrogen-bond donors (Lipinski definition) is 4. The van der Waals surface area contributed by atoms with Gasteiger partial charge in [0.15, 0.2) is 17.2 Å². The van der Waals surface area contributed by atoms with Gasteiger partial charge in [0.05, 0.1) is 5.56 Å². The molecule has 194 valence electrons. The van der Waals surface area contributed by atoms with Crippen LogP contribution in [0.5, 0.6) is 5.75 Å². The van der Waals surface area contributed by atoms with Crippen molar-refractivity contribution in [3.8, 4) is 5.75 Å². The lowest BCUT2D eigenvalue weighted by Crippen LogP contribution is -2.67. The van der Waals surface area contributed by atoms with Crippen LogP contribution < -0.4 is 0 Å². The first-order valence-electron chi connectivity index (χ1n) is 12.6. The summed E-state index contributed by atoms with van der Waals surface area (Å²) in [5.41, 5.74) is -3.37. The molecule has 7 heteroatoms. The summed E-state index contributed by atoms with van der Waals surface area (Å²) >= 11 is 0. The number of phenolic OH excluding ortho intramolecular Hbond substituents is 1. The van der Waals surface area contributed by atoms with E-state index in [1.54, 1.807) is 6.92 Å². The lowest BCUT2D eigenvalue weighted by molar-refractivity contribution is -0.171. The molecule has 0 saturated carbocycles. The van der Waals surface area contributed by atoms with Gasteiger partial charge in [0.25, 0.3) is 0 Å². The Morgan fingerprint density at radius 1 is 1.17 bits per heavy atom. The van der Waals surface area contributed by atoms with Crippen molar-refractivity contribution in [2.24, 2.45) is 22.7 Å². The smallest absolute Gasteiger partial charge is 0.209 e. The molecule has 3 aliphatic carbocycles. The van der Waals surface area contributed by atoms with E-state index in [2.05, 4.69) is 0 Å². The predicted molar refractivity (Wildman–Crippen MR) is 134 cm³/mol. The molecular formula is C29H36O7. The number of benzene rings is 1. The van der Waals surface area contributed by atoms with Crippen molar-refractivity contribution in [3.63, 3.8) is 0 Å². The molecule has 0 bridgehead atoms. The average molecular weight is 497 g/mol. The number of aliphatic hydroxyl groups is 3. The number of aryl methyl sites for hydroxylation is 2. The van der Waals surface area contributed by atoms with Crippen LogP contribution in [0.15, 0.2) is 28.7 Å². The molecule has 0 fully saturated rings. The van der Waals surface area contributed by atoms with Gasteiger partial charge in [0, 0.05) is 22.3 Å². The summed E-state index contributed by atoms with van der Waals surface area (Å²) in [7, 11) is 0. The molecule has 0 aliphatic heterocycles. The molecule has 1 aromatic carbocycles. The van der Waals surface area contributed by atoms with Crippen LogP contribution in [0, 0.1) is 29.6 Å². The number of fused-ring (bicyclic) bond motifs is 3. The zero-order valence-electron chi connectivity index (χ0n) is 22.1. The average Bonchev–Trinajstić information content (AvgIpc) is 2.74. The zero-order valence-corrected chi connectivity index (χ0v) is 22.1. The highest BCUT2D eigenvalue weighted by Gasteiger charge is 2.71. The van der Waals surface area contributed by atoms with Crippen LogP contribution in [0.1, 0.15) is 81.4 Å². The van der Waals surface area contributed by atoms with E-state index in [-0.39, 0.29) is 35.0 Å². The molecule has 36 heavy (non-hydrogen) atoms. The summed E-state index contributed by atoms with van der Waals surface area (Å²) in [6.07, 6.45) is 1.73. The molecule has 4 atom stereocenters. The monoisotopic (exact) mass is 496 g/mol. The second-order valence-corrected chi connectivity index (χ2v) is 11.8. The molecule has 0 aromatic heterocycles. The maximum atomic E-state index is 14.0. The fourth-order valence-electron chi connectivity index (χ4n) is 7.51. The second-order valence-electron chi connectivity index (χ2n) is 11.8. The van der Waals surface area contributed by atoms with E-state index in [1.165, 1.54) is 0 Å². The van der Waals surface area contributed by atoms with Crippen molar-refractivity contribution in [3.05, 3.63) is 51.0 Å². The first kappa shape index (κ1) is 26.1. The largest absolute Gasteiger partial charge is 0.511 e. The van der Waals surface area contributed by atoms with Crippen LogP contribution >= 0.6 is 0 Å². The molecule has 1 unspecified atom stereocenters.